The number of hydrogen-bond donors (Lipinski definition) is 1. The highest BCUT2D eigenvalue weighted by atomic mass is 79.9. The molecule has 0 radical (unpaired) electrons. The van der Waals surface area contributed by atoms with Crippen LogP contribution in [0.1, 0.15) is 28.4 Å². The molecule has 1 aliphatic heterocycles. The number of aromatic nitrogens is 1. The first-order valence-electron chi connectivity index (χ1n) is 7.77. The van der Waals surface area contributed by atoms with Gasteiger partial charge in [-0.15, -0.1) is 0 Å². The molecule has 3 rings (SSSR count). The van der Waals surface area contributed by atoms with Crippen molar-refractivity contribution >= 4 is 21.8 Å². The number of likely N-dealkylation sites (N-methyl/N-ethyl adjacent to an activating group) is 1. The topological polar surface area (TPSA) is 45.2 Å². The Morgan fingerprint density at radius 3 is 2.70 bits per heavy atom. The number of amides is 1. The van der Waals surface area contributed by atoms with Crippen molar-refractivity contribution in [1.82, 2.24) is 15.2 Å². The van der Waals surface area contributed by atoms with Crippen molar-refractivity contribution in [2.75, 3.05) is 20.1 Å². The number of likely N-dealkylation sites (tertiary alicyclic amines) is 1. The zero-order valence-corrected chi connectivity index (χ0v) is 14.7. The number of hydrogen-bond acceptors (Lipinski definition) is 3. The van der Waals surface area contributed by atoms with Crippen LogP contribution in [0.4, 0.5) is 0 Å². The monoisotopic (exact) mass is 373 g/mol. The summed E-state index contributed by atoms with van der Waals surface area (Å²) in [5.41, 5.74) is 1.79. The van der Waals surface area contributed by atoms with E-state index in [0.29, 0.717) is 11.6 Å². The Bertz CT molecular complexity index is 660. The fraction of sp³-hybridized carbons (Fsp3) is 0.333. The molecule has 1 fully saturated rings. The van der Waals surface area contributed by atoms with Crippen LogP contribution in [0, 0.1) is 0 Å². The summed E-state index contributed by atoms with van der Waals surface area (Å²) >= 11 is 3.48. The first-order valence-corrected chi connectivity index (χ1v) is 8.57. The Morgan fingerprint density at radius 2 is 2.00 bits per heavy atom. The lowest BCUT2D eigenvalue weighted by molar-refractivity contribution is 0.0900. The molecule has 0 saturated carbocycles. The van der Waals surface area contributed by atoms with Crippen molar-refractivity contribution < 1.29 is 4.79 Å². The van der Waals surface area contributed by atoms with Gasteiger partial charge in [0.25, 0.3) is 5.91 Å². The highest BCUT2D eigenvalue weighted by Crippen LogP contribution is 2.27. The van der Waals surface area contributed by atoms with E-state index in [9.17, 15) is 4.79 Å². The number of nitrogens with zero attached hydrogens (tertiary/aromatic N) is 2. The minimum Gasteiger partial charge on any atom is -0.347 e. The van der Waals surface area contributed by atoms with Gasteiger partial charge in [-0.1, -0.05) is 34.1 Å². The van der Waals surface area contributed by atoms with Gasteiger partial charge in [-0.05, 0) is 49.2 Å². The Hall–Kier alpha value is -1.72. The molecule has 5 heteroatoms. The summed E-state index contributed by atoms with van der Waals surface area (Å²) in [6, 6.07) is 14.0. The van der Waals surface area contributed by atoms with Gasteiger partial charge in [-0.2, -0.15) is 0 Å². The molecule has 23 heavy (non-hydrogen) atoms. The number of halogens is 1. The second-order valence-electron chi connectivity index (χ2n) is 6.09. The van der Waals surface area contributed by atoms with Crippen molar-refractivity contribution in [3.8, 4) is 0 Å². The maximum Gasteiger partial charge on any atom is 0.270 e. The van der Waals surface area contributed by atoms with Gasteiger partial charge in [0, 0.05) is 29.8 Å². The fourth-order valence-electron chi connectivity index (χ4n) is 3.16. The van der Waals surface area contributed by atoms with E-state index < -0.39 is 0 Å². The van der Waals surface area contributed by atoms with Crippen LogP contribution in [0.3, 0.4) is 0 Å². The van der Waals surface area contributed by atoms with Crippen LogP contribution in [0.25, 0.3) is 0 Å². The second kappa shape index (κ2) is 7.23. The minimum atomic E-state index is -0.0968. The zero-order valence-electron chi connectivity index (χ0n) is 13.1. The molecule has 1 aliphatic rings. The van der Waals surface area contributed by atoms with E-state index >= 15 is 0 Å². The van der Waals surface area contributed by atoms with E-state index in [2.05, 4.69) is 62.4 Å². The van der Waals surface area contributed by atoms with E-state index in [1.54, 1.807) is 12.3 Å². The van der Waals surface area contributed by atoms with Crippen molar-refractivity contribution in [2.45, 2.75) is 18.4 Å². The smallest absolute Gasteiger partial charge is 0.270 e. The van der Waals surface area contributed by atoms with Gasteiger partial charge in [0.15, 0.2) is 0 Å². The van der Waals surface area contributed by atoms with Crippen LogP contribution in [-0.2, 0) is 0 Å². The fourth-order valence-corrected chi connectivity index (χ4v) is 3.42. The average Bonchev–Trinajstić information content (AvgIpc) is 2.56. The first-order chi connectivity index (χ1) is 11.1. The highest BCUT2D eigenvalue weighted by Gasteiger charge is 2.27. The molecule has 2 aromatic rings. The van der Waals surface area contributed by atoms with Crippen LogP contribution in [0.15, 0.2) is 53.1 Å². The molecular formula is C18H20BrN3O. The maximum absolute atomic E-state index is 12.3. The van der Waals surface area contributed by atoms with Gasteiger partial charge in [0.05, 0.1) is 0 Å². The van der Waals surface area contributed by atoms with Gasteiger partial charge in [-0.3, -0.25) is 9.78 Å². The summed E-state index contributed by atoms with van der Waals surface area (Å²) < 4.78 is 1.09. The largest absolute Gasteiger partial charge is 0.347 e. The molecule has 2 heterocycles. The second-order valence-corrected chi connectivity index (χ2v) is 7.01. The standard InChI is InChI=1S/C18H20BrN3O/c1-22-11-14(13-5-7-15(19)8-6-13)10-16(12-22)21-18(23)17-4-2-3-9-20-17/h2-9,14,16H,10-12H2,1H3,(H,21,23)/t14-,16+/m0/s1. The minimum absolute atomic E-state index is 0.0968. The SMILES string of the molecule is CN1C[C@H](NC(=O)c2ccccn2)C[C@H](c2ccc(Br)cc2)C1. The number of piperidine rings is 1. The molecule has 0 bridgehead atoms. The van der Waals surface area contributed by atoms with E-state index in [0.717, 1.165) is 24.0 Å². The first kappa shape index (κ1) is 16.1. The summed E-state index contributed by atoms with van der Waals surface area (Å²) in [4.78, 5) is 18.7. The molecule has 1 aromatic heterocycles. The van der Waals surface area contributed by atoms with Gasteiger partial charge >= 0.3 is 0 Å². The molecule has 2 atom stereocenters. The Balaban J connectivity index is 1.68. The zero-order chi connectivity index (χ0) is 16.2. The lowest BCUT2D eigenvalue weighted by atomic mass is 9.88. The van der Waals surface area contributed by atoms with E-state index in [-0.39, 0.29) is 11.9 Å². The van der Waals surface area contributed by atoms with Gasteiger partial charge in [0.1, 0.15) is 5.69 Å². The third kappa shape index (κ3) is 4.18. The lowest BCUT2D eigenvalue weighted by Gasteiger charge is -2.36. The van der Waals surface area contributed by atoms with Crippen molar-refractivity contribution in [1.29, 1.82) is 0 Å². The normalized spacial score (nSPS) is 21.8. The molecular weight excluding hydrogens is 354 g/mol. The molecule has 1 amide bonds. The van der Waals surface area contributed by atoms with Crippen LogP contribution >= 0.6 is 15.9 Å². The number of benzene rings is 1. The van der Waals surface area contributed by atoms with Crippen molar-refractivity contribution in [2.24, 2.45) is 0 Å². The Morgan fingerprint density at radius 1 is 1.22 bits per heavy atom. The summed E-state index contributed by atoms with van der Waals surface area (Å²) in [7, 11) is 2.10. The molecule has 1 aromatic carbocycles. The number of carbonyl (C=O) groups is 1. The van der Waals surface area contributed by atoms with Crippen molar-refractivity contribution in [3.05, 3.63) is 64.4 Å². The van der Waals surface area contributed by atoms with Crippen LogP contribution in [-0.4, -0.2) is 42.0 Å². The highest BCUT2D eigenvalue weighted by molar-refractivity contribution is 9.10. The molecule has 0 unspecified atom stereocenters. The Labute approximate surface area is 145 Å². The van der Waals surface area contributed by atoms with Gasteiger partial charge < -0.3 is 10.2 Å². The van der Waals surface area contributed by atoms with E-state index in [1.807, 2.05) is 12.1 Å². The maximum atomic E-state index is 12.3. The third-order valence-electron chi connectivity index (χ3n) is 4.21. The number of rotatable bonds is 3. The third-order valence-corrected chi connectivity index (χ3v) is 4.74. The lowest BCUT2D eigenvalue weighted by Crippen LogP contribution is -2.48. The number of nitrogens with one attached hydrogen (secondary N) is 1. The predicted octanol–water partition coefficient (Wildman–Crippen LogP) is 3.06. The molecule has 120 valence electrons. The van der Waals surface area contributed by atoms with Crippen LogP contribution in [0.5, 0.6) is 0 Å². The number of carbonyl (C=O) groups excluding carboxylic acids is 1. The molecule has 0 spiro atoms. The summed E-state index contributed by atoms with van der Waals surface area (Å²) in [6.45, 7) is 1.88. The predicted molar refractivity (Wildman–Crippen MR) is 94.5 cm³/mol. The van der Waals surface area contributed by atoms with E-state index in [4.69, 9.17) is 0 Å². The van der Waals surface area contributed by atoms with E-state index in [1.165, 1.54) is 5.56 Å². The molecule has 0 aliphatic carbocycles. The summed E-state index contributed by atoms with van der Waals surface area (Å²) in [6.07, 6.45) is 2.59. The summed E-state index contributed by atoms with van der Waals surface area (Å²) in [5.74, 6) is 0.330. The number of pyridine rings is 1. The Kier molecular flexibility index (Phi) is 5.08. The molecule has 1 saturated heterocycles. The van der Waals surface area contributed by atoms with Crippen LogP contribution in [0.2, 0.25) is 0 Å². The van der Waals surface area contributed by atoms with Gasteiger partial charge in [-0.25, -0.2) is 0 Å². The van der Waals surface area contributed by atoms with Crippen LogP contribution < -0.4 is 5.32 Å². The average molecular weight is 374 g/mol. The van der Waals surface area contributed by atoms with Gasteiger partial charge in [0.2, 0.25) is 0 Å². The molecule has 4 nitrogen and oxygen atoms in total. The molecule has 1 N–H and O–H groups in total. The van der Waals surface area contributed by atoms with Crippen molar-refractivity contribution in [3.63, 3.8) is 0 Å². The quantitative estimate of drug-likeness (QED) is 0.898. The summed E-state index contributed by atoms with van der Waals surface area (Å²) in [5, 5.41) is 3.12.